The Morgan fingerprint density at radius 2 is 1.77 bits per heavy atom. The smallest absolute Gasteiger partial charge is 0.314 e. The van der Waals surface area contributed by atoms with E-state index in [1.807, 2.05) is 59.4 Å². The lowest BCUT2D eigenvalue weighted by Crippen LogP contribution is -2.47. The SMILES string of the molecule is NC(=O)N1CCCC(C(=O)NCc2cn(Cc3ccccc3)nc2-c2ccccc2)C1. The maximum Gasteiger partial charge on any atom is 0.314 e. The van der Waals surface area contributed by atoms with E-state index in [0.717, 1.165) is 35.2 Å². The highest BCUT2D eigenvalue weighted by molar-refractivity contribution is 5.80. The molecule has 1 fully saturated rings. The van der Waals surface area contributed by atoms with E-state index in [0.29, 0.717) is 26.2 Å². The van der Waals surface area contributed by atoms with Crippen molar-refractivity contribution in [1.29, 1.82) is 0 Å². The molecule has 0 saturated carbocycles. The zero-order chi connectivity index (χ0) is 21.6. The summed E-state index contributed by atoms with van der Waals surface area (Å²) < 4.78 is 1.91. The molecular weight excluding hydrogens is 390 g/mol. The third kappa shape index (κ3) is 5.12. The lowest BCUT2D eigenvalue weighted by molar-refractivity contribution is -0.126. The fraction of sp³-hybridized carbons (Fsp3) is 0.292. The van der Waals surface area contributed by atoms with Crippen LogP contribution in [0.3, 0.4) is 0 Å². The summed E-state index contributed by atoms with van der Waals surface area (Å²) in [6, 6.07) is 19.7. The highest BCUT2D eigenvalue weighted by Gasteiger charge is 2.27. The van der Waals surface area contributed by atoms with Gasteiger partial charge in [0.2, 0.25) is 5.91 Å². The first kappa shape index (κ1) is 20.7. The summed E-state index contributed by atoms with van der Waals surface area (Å²) in [4.78, 5) is 25.8. The molecule has 2 heterocycles. The Morgan fingerprint density at radius 3 is 2.48 bits per heavy atom. The Labute approximate surface area is 181 Å². The van der Waals surface area contributed by atoms with Crippen molar-refractivity contribution in [1.82, 2.24) is 20.0 Å². The minimum absolute atomic E-state index is 0.0548. The zero-order valence-electron chi connectivity index (χ0n) is 17.4. The van der Waals surface area contributed by atoms with E-state index in [-0.39, 0.29) is 11.8 Å². The number of nitrogens with zero attached hydrogens (tertiary/aromatic N) is 3. The van der Waals surface area contributed by atoms with E-state index in [9.17, 15) is 9.59 Å². The van der Waals surface area contributed by atoms with Crippen molar-refractivity contribution in [3.63, 3.8) is 0 Å². The minimum atomic E-state index is -0.467. The van der Waals surface area contributed by atoms with Crippen molar-refractivity contribution in [3.05, 3.63) is 78.0 Å². The van der Waals surface area contributed by atoms with Crippen LogP contribution >= 0.6 is 0 Å². The standard InChI is InChI=1S/C24H27N5O2/c25-24(31)28-13-7-12-20(16-28)23(30)26-14-21-17-29(15-18-8-3-1-4-9-18)27-22(21)19-10-5-2-6-11-19/h1-6,8-11,17,20H,7,12-16H2,(H2,25,31)(H,26,30). The summed E-state index contributed by atoms with van der Waals surface area (Å²) in [5.41, 5.74) is 9.38. The number of rotatable bonds is 6. The van der Waals surface area contributed by atoms with Gasteiger partial charge in [-0.15, -0.1) is 0 Å². The molecule has 1 atom stereocenters. The number of primary amides is 1. The number of amides is 3. The molecule has 2 aromatic carbocycles. The van der Waals surface area contributed by atoms with Crippen LogP contribution in [0.5, 0.6) is 0 Å². The van der Waals surface area contributed by atoms with Crippen molar-refractivity contribution in [3.8, 4) is 11.3 Å². The molecule has 3 amide bonds. The van der Waals surface area contributed by atoms with Gasteiger partial charge >= 0.3 is 6.03 Å². The van der Waals surface area contributed by atoms with Gasteiger partial charge in [-0.3, -0.25) is 9.48 Å². The van der Waals surface area contributed by atoms with Gasteiger partial charge in [0.25, 0.3) is 0 Å². The first-order valence-electron chi connectivity index (χ1n) is 10.6. The van der Waals surface area contributed by atoms with E-state index >= 15 is 0 Å². The minimum Gasteiger partial charge on any atom is -0.352 e. The van der Waals surface area contributed by atoms with Crippen LogP contribution in [0.1, 0.15) is 24.0 Å². The van der Waals surface area contributed by atoms with Crippen molar-refractivity contribution in [2.75, 3.05) is 13.1 Å². The Bertz CT molecular complexity index is 1030. The maximum absolute atomic E-state index is 12.8. The number of carbonyl (C=O) groups is 2. The van der Waals surface area contributed by atoms with E-state index in [1.165, 1.54) is 0 Å². The van der Waals surface area contributed by atoms with Crippen molar-refractivity contribution < 1.29 is 9.59 Å². The quantitative estimate of drug-likeness (QED) is 0.646. The second-order valence-electron chi connectivity index (χ2n) is 7.89. The Hall–Kier alpha value is -3.61. The Balaban J connectivity index is 1.50. The molecule has 3 N–H and O–H groups in total. The van der Waals surface area contributed by atoms with E-state index < -0.39 is 6.03 Å². The lowest BCUT2D eigenvalue weighted by Gasteiger charge is -2.30. The largest absolute Gasteiger partial charge is 0.352 e. The number of carbonyl (C=O) groups excluding carboxylic acids is 2. The molecule has 0 bridgehead atoms. The normalized spacial score (nSPS) is 16.1. The molecule has 1 saturated heterocycles. The number of aromatic nitrogens is 2. The molecule has 4 rings (SSSR count). The zero-order valence-corrected chi connectivity index (χ0v) is 17.4. The van der Waals surface area contributed by atoms with Crippen LogP contribution in [0.15, 0.2) is 66.9 Å². The van der Waals surface area contributed by atoms with Crippen LogP contribution in [0.2, 0.25) is 0 Å². The van der Waals surface area contributed by atoms with Gasteiger partial charge < -0.3 is 16.0 Å². The molecule has 3 aromatic rings. The van der Waals surface area contributed by atoms with E-state index in [2.05, 4.69) is 17.4 Å². The molecule has 1 aliphatic heterocycles. The maximum atomic E-state index is 12.8. The first-order valence-corrected chi connectivity index (χ1v) is 10.6. The molecule has 1 unspecified atom stereocenters. The lowest BCUT2D eigenvalue weighted by atomic mass is 9.97. The number of nitrogens with two attached hydrogens (primary N) is 1. The fourth-order valence-electron chi connectivity index (χ4n) is 4.00. The van der Waals surface area contributed by atoms with Gasteiger partial charge in [0, 0.05) is 37.0 Å². The summed E-state index contributed by atoms with van der Waals surface area (Å²) in [7, 11) is 0. The van der Waals surface area contributed by atoms with Gasteiger partial charge in [-0.1, -0.05) is 60.7 Å². The van der Waals surface area contributed by atoms with Crippen molar-refractivity contribution >= 4 is 11.9 Å². The van der Waals surface area contributed by atoms with Gasteiger partial charge in [-0.2, -0.15) is 5.10 Å². The highest BCUT2D eigenvalue weighted by atomic mass is 16.2. The summed E-state index contributed by atoms with van der Waals surface area (Å²) >= 11 is 0. The highest BCUT2D eigenvalue weighted by Crippen LogP contribution is 2.23. The monoisotopic (exact) mass is 417 g/mol. The average molecular weight is 418 g/mol. The van der Waals surface area contributed by atoms with Crippen LogP contribution in [-0.2, 0) is 17.9 Å². The van der Waals surface area contributed by atoms with Crippen LogP contribution < -0.4 is 11.1 Å². The number of hydrogen-bond donors (Lipinski definition) is 2. The van der Waals surface area contributed by atoms with Gasteiger partial charge in [-0.25, -0.2) is 4.79 Å². The van der Waals surface area contributed by atoms with Crippen molar-refractivity contribution in [2.45, 2.75) is 25.9 Å². The van der Waals surface area contributed by atoms with Gasteiger partial charge in [0.05, 0.1) is 18.2 Å². The molecule has 1 aliphatic rings. The van der Waals surface area contributed by atoms with Crippen LogP contribution in [0.25, 0.3) is 11.3 Å². The molecule has 0 spiro atoms. The topological polar surface area (TPSA) is 93.3 Å². The number of piperidine rings is 1. The number of benzene rings is 2. The third-order valence-electron chi connectivity index (χ3n) is 5.63. The third-order valence-corrected chi connectivity index (χ3v) is 5.63. The number of hydrogen-bond acceptors (Lipinski definition) is 3. The fourth-order valence-corrected chi connectivity index (χ4v) is 4.00. The van der Waals surface area contributed by atoms with Crippen molar-refractivity contribution in [2.24, 2.45) is 11.7 Å². The molecular formula is C24H27N5O2. The second kappa shape index (κ2) is 9.47. The van der Waals surface area contributed by atoms with Gasteiger partial charge in [0.15, 0.2) is 0 Å². The predicted octanol–water partition coefficient (Wildman–Crippen LogP) is 3.01. The molecule has 0 aliphatic carbocycles. The molecule has 7 nitrogen and oxygen atoms in total. The van der Waals surface area contributed by atoms with E-state index in [4.69, 9.17) is 10.8 Å². The molecule has 160 valence electrons. The van der Waals surface area contributed by atoms with Gasteiger partial charge in [0.1, 0.15) is 0 Å². The molecule has 7 heteroatoms. The molecule has 31 heavy (non-hydrogen) atoms. The summed E-state index contributed by atoms with van der Waals surface area (Å²) in [6.07, 6.45) is 3.53. The van der Waals surface area contributed by atoms with Crippen LogP contribution in [-0.4, -0.2) is 39.7 Å². The predicted molar refractivity (Wildman–Crippen MR) is 119 cm³/mol. The number of likely N-dealkylation sites (tertiary alicyclic amines) is 1. The number of nitrogens with one attached hydrogen (secondary N) is 1. The Kier molecular flexibility index (Phi) is 6.31. The molecule has 0 radical (unpaired) electrons. The van der Waals surface area contributed by atoms with Crippen LogP contribution in [0, 0.1) is 5.92 Å². The summed E-state index contributed by atoms with van der Waals surface area (Å²) in [5.74, 6) is -0.290. The summed E-state index contributed by atoms with van der Waals surface area (Å²) in [6.45, 7) is 2.03. The van der Waals surface area contributed by atoms with E-state index in [1.54, 1.807) is 4.90 Å². The van der Waals surface area contributed by atoms with Gasteiger partial charge in [-0.05, 0) is 18.4 Å². The second-order valence-corrected chi connectivity index (χ2v) is 7.89. The Morgan fingerprint density at radius 1 is 1.06 bits per heavy atom. The average Bonchev–Trinajstić information content (AvgIpc) is 3.21. The molecule has 1 aromatic heterocycles. The summed E-state index contributed by atoms with van der Waals surface area (Å²) in [5, 5.41) is 7.84. The first-order chi connectivity index (χ1) is 15.1. The number of urea groups is 1. The van der Waals surface area contributed by atoms with Crippen LogP contribution in [0.4, 0.5) is 4.79 Å².